The quantitative estimate of drug-likeness (QED) is 0.354. The summed E-state index contributed by atoms with van der Waals surface area (Å²) in [5, 5.41) is 48.4. The number of Topliss-reactive ketones (excluding diaryl/α,β-unsaturated/α-hetero) is 3. The minimum atomic E-state index is -2.50. The first-order valence-electron chi connectivity index (χ1n) is 12.9. The Hall–Kier alpha value is -3.95. The maximum atomic E-state index is 13.8. The first-order chi connectivity index (χ1) is 18.5. The molecule has 5 N–H and O–H groups in total. The van der Waals surface area contributed by atoms with Crippen molar-refractivity contribution >= 4 is 28.8 Å². The van der Waals surface area contributed by atoms with Gasteiger partial charge in [0, 0.05) is 56.3 Å². The van der Waals surface area contributed by atoms with Gasteiger partial charge >= 0.3 is 0 Å². The van der Waals surface area contributed by atoms with Gasteiger partial charge in [-0.05, 0) is 42.9 Å². The van der Waals surface area contributed by atoms with Crippen molar-refractivity contribution in [3.8, 4) is 5.75 Å². The monoisotopic (exact) mass is 532 g/mol. The first-order valence-corrected chi connectivity index (χ1v) is 12.9. The maximum Gasteiger partial charge on any atom is 0.202 e. The van der Waals surface area contributed by atoms with Crippen LogP contribution in [0, 0.1) is 11.8 Å². The number of hydrogen-bond acceptors (Lipinski definition) is 9. The summed E-state index contributed by atoms with van der Waals surface area (Å²) < 4.78 is 0. The first kappa shape index (κ1) is 26.6. The van der Waals surface area contributed by atoms with Crippen LogP contribution in [0.25, 0.3) is 5.76 Å². The molecule has 0 radical (unpaired) electrons. The fraction of sp³-hybridized carbons (Fsp3) is 0.367. The molecule has 0 amide bonds. The number of carbonyl (C=O) groups is 3. The van der Waals surface area contributed by atoms with E-state index in [1.54, 1.807) is 0 Å². The highest BCUT2D eigenvalue weighted by Gasteiger charge is 2.60. The molecule has 39 heavy (non-hydrogen) atoms. The molecule has 0 spiro atoms. The summed E-state index contributed by atoms with van der Waals surface area (Å²) in [6.07, 6.45) is 0.149. The molecule has 1 fully saturated rings. The van der Waals surface area contributed by atoms with Crippen molar-refractivity contribution < 1.29 is 34.8 Å². The van der Waals surface area contributed by atoms with Crippen LogP contribution in [0.15, 0.2) is 53.3 Å². The number of fused-ring (bicyclic) bond motifs is 3. The molecule has 3 atom stereocenters. The van der Waals surface area contributed by atoms with Crippen molar-refractivity contribution in [2.24, 2.45) is 11.8 Å². The van der Waals surface area contributed by atoms with E-state index in [9.17, 15) is 34.8 Å². The summed E-state index contributed by atoms with van der Waals surface area (Å²) in [5.41, 5.74) is -0.0817. The zero-order chi connectivity index (χ0) is 28.2. The van der Waals surface area contributed by atoms with Crippen molar-refractivity contribution in [1.82, 2.24) is 5.32 Å². The van der Waals surface area contributed by atoms with E-state index >= 15 is 0 Å². The van der Waals surface area contributed by atoms with Gasteiger partial charge in [-0.1, -0.05) is 30.3 Å². The molecule has 0 bridgehead atoms. The summed E-state index contributed by atoms with van der Waals surface area (Å²) in [5.74, 6) is -5.39. The predicted octanol–water partition coefficient (Wildman–Crippen LogP) is 2.88. The largest absolute Gasteiger partial charge is 0.508 e. The minimum absolute atomic E-state index is 0.112. The average molecular weight is 533 g/mol. The number of benzene rings is 2. The van der Waals surface area contributed by atoms with Gasteiger partial charge < -0.3 is 30.6 Å². The highest BCUT2D eigenvalue weighted by atomic mass is 16.3. The molecule has 3 aliphatic carbocycles. The number of nitrogens with zero attached hydrogens (tertiary/aromatic N) is 1. The zero-order valence-corrected chi connectivity index (χ0v) is 22.1. The summed E-state index contributed by atoms with van der Waals surface area (Å²) in [7, 11) is 3.70. The normalized spacial score (nSPS) is 24.3. The Morgan fingerprint density at radius 1 is 1.08 bits per heavy atom. The molecule has 0 aliphatic heterocycles. The van der Waals surface area contributed by atoms with Gasteiger partial charge in [-0.2, -0.15) is 0 Å². The van der Waals surface area contributed by atoms with Crippen molar-refractivity contribution in [3.63, 3.8) is 0 Å². The summed E-state index contributed by atoms with van der Waals surface area (Å²) in [6, 6.07) is 11.6. The molecule has 5 rings (SSSR count). The fourth-order valence-corrected chi connectivity index (χ4v) is 6.30. The van der Waals surface area contributed by atoms with E-state index in [1.165, 1.54) is 0 Å². The van der Waals surface area contributed by atoms with Gasteiger partial charge in [0.25, 0.3) is 0 Å². The molecule has 0 unspecified atom stereocenters. The van der Waals surface area contributed by atoms with Crippen LogP contribution in [0.5, 0.6) is 5.75 Å². The lowest BCUT2D eigenvalue weighted by atomic mass is 9.59. The van der Waals surface area contributed by atoms with Gasteiger partial charge in [0.15, 0.2) is 17.2 Å². The van der Waals surface area contributed by atoms with Crippen LogP contribution in [0.1, 0.15) is 42.0 Å². The Balaban J connectivity index is 1.59. The average Bonchev–Trinajstić information content (AvgIpc) is 2.87. The van der Waals surface area contributed by atoms with Gasteiger partial charge in [0.05, 0.1) is 5.56 Å². The Labute approximate surface area is 226 Å². The number of aliphatic hydroxyl groups is 3. The second kappa shape index (κ2) is 9.66. The number of hydrogen-bond donors (Lipinski definition) is 5. The lowest BCUT2D eigenvalue weighted by Crippen LogP contribution is -2.57. The number of anilines is 1. The lowest BCUT2D eigenvalue weighted by molar-refractivity contribution is -0.147. The van der Waals surface area contributed by atoms with Crippen molar-refractivity contribution in [2.75, 3.05) is 19.0 Å². The molecular formula is C30H32N2O7. The molecule has 0 saturated heterocycles. The Morgan fingerprint density at radius 3 is 2.41 bits per heavy atom. The van der Waals surface area contributed by atoms with Crippen molar-refractivity contribution in [1.29, 1.82) is 0 Å². The van der Waals surface area contributed by atoms with Crippen LogP contribution < -0.4 is 10.2 Å². The number of nitrogens with one attached hydrogen (secondary N) is 1. The number of rotatable bonds is 6. The molecule has 3 aliphatic rings. The Kier molecular flexibility index (Phi) is 6.60. The second-order valence-electron chi connectivity index (χ2n) is 10.8. The van der Waals surface area contributed by atoms with Crippen molar-refractivity contribution in [2.45, 2.75) is 44.9 Å². The van der Waals surface area contributed by atoms with Gasteiger partial charge in [0.1, 0.15) is 22.8 Å². The van der Waals surface area contributed by atoms with Crippen LogP contribution >= 0.6 is 0 Å². The SMILES string of the molecule is CC(=O)C1=C(O)[C@@]2(O)C(=O)C3=C(O)c4c(O)c(CNCc5ccccc5)cc(N(C)C)c4C[C@H]3C[C@H]2CC1=O. The van der Waals surface area contributed by atoms with Crippen LogP contribution in [0.4, 0.5) is 5.69 Å². The number of phenolic OH excluding ortho intramolecular Hbond substituents is 1. The maximum absolute atomic E-state index is 13.8. The number of aromatic hydroxyl groups is 1. The minimum Gasteiger partial charge on any atom is -0.508 e. The van der Waals surface area contributed by atoms with Gasteiger partial charge in [0.2, 0.25) is 5.78 Å². The molecular weight excluding hydrogens is 500 g/mol. The third-order valence-electron chi connectivity index (χ3n) is 8.19. The lowest BCUT2D eigenvalue weighted by Gasteiger charge is -2.46. The molecule has 0 heterocycles. The molecule has 9 nitrogen and oxygen atoms in total. The number of phenols is 1. The van der Waals surface area contributed by atoms with Crippen LogP contribution in [-0.2, 0) is 33.9 Å². The molecule has 9 heteroatoms. The molecule has 0 aromatic heterocycles. The summed E-state index contributed by atoms with van der Waals surface area (Å²) in [4.78, 5) is 40.3. The van der Waals surface area contributed by atoms with E-state index in [-0.39, 0.29) is 42.7 Å². The Bertz CT molecular complexity index is 1460. The summed E-state index contributed by atoms with van der Waals surface area (Å²) >= 11 is 0. The van der Waals surface area contributed by atoms with Gasteiger partial charge in [-0.25, -0.2) is 0 Å². The van der Waals surface area contributed by atoms with E-state index in [2.05, 4.69) is 5.32 Å². The molecule has 204 valence electrons. The van der Waals surface area contributed by atoms with Crippen LogP contribution in [0.3, 0.4) is 0 Å². The van der Waals surface area contributed by atoms with Crippen LogP contribution in [0.2, 0.25) is 0 Å². The number of ketones is 3. The Morgan fingerprint density at radius 2 is 1.77 bits per heavy atom. The topological polar surface area (TPSA) is 147 Å². The van der Waals surface area contributed by atoms with E-state index < -0.39 is 51.9 Å². The highest BCUT2D eigenvalue weighted by molar-refractivity contribution is 6.23. The van der Waals surface area contributed by atoms with E-state index in [1.807, 2.05) is 55.4 Å². The van der Waals surface area contributed by atoms with E-state index in [0.717, 1.165) is 18.2 Å². The number of allylic oxidation sites excluding steroid dienone is 1. The second-order valence-corrected chi connectivity index (χ2v) is 10.8. The van der Waals surface area contributed by atoms with Crippen molar-refractivity contribution in [3.05, 3.63) is 75.6 Å². The third-order valence-corrected chi connectivity index (χ3v) is 8.19. The zero-order valence-electron chi connectivity index (χ0n) is 22.1. The molecule has 2 aromatic carbocycles. The fourth-order valence-electron chi connectivity index (χ4n) is 6.30. The smallest absolute Gasteiger partial charge is 0.202 e. The third kappa shape index (κ3) is 4.13. The van der Waals surface area contributed by atoms with E-state index in [4.69, 9.17) is 0 Å². The number of carbonyl (C=O) groups excluding carboxylic acids is 3. The van der Waals surface area contributed by atoms with Crippen LogP contribution in [-0.4, -0.2) is 57.5 Å². The standard InChI is InChI=1S/C30H32N2O7/c1-15(33)23-22(34)12-19-9-17-10-20-21(32(2)3)11-18(14-31-13-16-7-5-4-6-8-16)26(35)25(20)27(36)24(17)29(38)30(19,39)28(23)37/h4-8,11,17,19,31,35-37,39H,9-10,12-14H2,1-3H3/t17-,19+,30-/m1/s1. The summed E-state index contributed by atoms with van der Waals surface area (Å²) in [6.45, 7) is 1.93. The highest BCUT2D eigenvalue weighted by Crippen LogP contribution is 2.53. The van der Waals surface area contributed by atoms with E-state index in [0.29, 0.717) is 17.7 Å². The number of aliphatic hydroxyl groups excluding tert-OH is 2. The molecule has 1 saturated carbocycles. The van der Waals surface area contributed by atoms with Gasteiger partial charge in [-0.3, -0.25) is 14.4 Å². The predicted molar refractivity (Wildman–Crippen MR) is 144 cm³/mol. The molecule has 2 aromatic rings. The van der Waals surface area contributed by atoms with Gasteiger partial charge in [-0.15, -0.1) is 0 Å².